The van der Waals surface area contributed by atoms with Crippen LogP contribution in [0, 0.1) is 6.92 Å². The van der Waals surface area contributed by atoms with Gasteiger partial charge in [0.15, 0.2) is 0 Å². The average Bonchev–Trinajstić information content (AvgIpc) is 2.90. The summed E-state index contributed by atoms with van der Waals surface area (Å²) in [5.74, 6) is 1.78. The van der Waals surface area contributed by atoms with E-state index in [1.807, 2.05) is 56.4 Å². The van der Waals surface area contributed by atoms with Crippen molar-refractivity contribution in [2.75, 3.05) is 7.05 Å². The molecule has 3 heteroatoms. The smallest absolute Gasteiger partial charge is 0.230 e. The lowest BCUT2D eigenvalue weighted by atomic mass is 9.93. The predicted octanol–water partition coefficient (Wildman–Crippen LogP) is 4.13. The van der Waals surface area contributed by atoms with Crippen LogP contribution in [0.25, 0.3) is 0 Å². The van der Waals surface area contributed by atoms with E-state index in [2.05, 4.69) is 6.92 Å². The molecule has 112 valence electrons. The van der Waals surface area contributed by atoms with Crippen molar-refractivity contribution < 1.29 is 9.21 Å². The van der Waals surface area contributed by atoms with Crippen LogP contribution in [-0.4, -0.2) is 17.9 Å². The zero-order valence-electron chi connectivity index (χ0n) is 13.0. The molecule has 0 saturated carbocycles. The second-order valence-electron chi connectivity index (χ2n) is 5.46. The average molecular weight is 285 g/mol. The van der Waals surface area contributed by atoms with E-state index < -0.39 is 0 Å². The summed E-state index contributed by atoms with van der Waals surface area (Å²) in [5.41, 5.74) is 1.09. The van der Waals surface area contributed by atoms with Gasteiger partial charge in [-0.05, 0) is 31.0 Å². The van der Waals surface area contributed by atoms with Crippen LogP contribution in [0.2, 0.25) is 0 Å². The lowest BCUT2D eigenvalue weighted by Gasteiger charge is -2.23. The number of benzene rings is 1. The first-order valence-electron chi connectivity index (χ1n) is 7.47. The number of hydrogen-bond acceptors (Lipinski definition) is 2. The van der Waals surface area contributed by atoms with E-state index in [9.17, 15) is 4.79 Å². The first kappa shape index (κ1) is 15.4. The van der Waals surface area contributed by atoms with Crippen LogP contribution in [0.4, 0.5) is 0 Å². The van der Waals surface area contributed by atoms with Crippen molar-refractivity contribution in [2.24, 2.45) is 0 Å². The summed E-state index contributed by atoms with van der Waals surface area (Å²) < 4.78 is 5.56. The Hall–Kier alpha value is -2.03. The number of likely N-dealkylation sites (N-methyl/N-ethyl adjacent to an activating group) is 1. The number of hydrogen-bond donors (Lipinski definition) is 0. The molecule has 1 aromatic carbocycles. The molecule has 0 bridgehead atoms. The zero-order valence-corrected chi connectivity index (χ0v) is 13.0. The third-order valence-electron chi connectivity index (χ3n) is 3.64. The summed E-state index contributed by atoms with van der Waals surface area (Å²) in [6.45, 7) is 4.54. The fourth-order valence-corrected chi connectivity index (χ4v) is 2.55. The molecule has 0 radical (unpaired) electrons. The summed E-state index contributed by atoms with van der Waals surface area (Å²) in [5, 5.41) is 0. The molecule has 0 aliphatic heterocycles. The number of nitrogens with zero attached hydrogens (tertiary/aromatic N) is 1. The fourth-order valence-electron chi connectivity index (χ4n) is 2.55. The highest BCUT2D eigenvalue weighted by Gasteiger charge is 2.23. The molecule has 1 amide bonds. The van der Waals surface area contributed by atoms with Gasteiger partial charge in [-0.15, -0.1) is 0 Å². The maximum Gasteiger partial charge on any atom is 0.230 e. The second kappa shape index (κ2) is 7.11. The number of amides is 1. The fraction of sp³-hybridized carbons (Fsp3) is 0.389. The molecule has 0 saturated heterocycles. The summed E-state index contributed by atoms with van der Waals surface area (Å²) in [6.07, 6.45) is 1.85. The Morgan fingerprint density at radius 1 is 1.19 bits per heavy atom. The normalized spacial score (nSPS) is 12.1. The Balaban J connectivity index is 2.10. The number of rotatable bonds is 6. The van der Waals surface area contributed by atoms with Crippen molar-refractivity contribution in [3.05, 3.63) is 59.5 Å². The van der Waals surface area contributed by atoms with E-state index in [0.29, 0.717) is 6.54 Å². The number of carbonyl (C=O) groups is 1. The highest BCUT2D eigenvalue weighted by Crippen LogP contribution is 2.24. The van der Waals surface area contributed by atoms with Crippen LogP contribution in [0.5, 0.6) is 0 Å². The Labute approximate surface area is 126 Å². The third-order valence-corrected chi connectivity index (χ3v) is 3.64. The molecule has 2 aromatic rings. The van der Waals surface area contributed by atoms with Crippen molar-refractivity contribution in [3.8, 4) is 0 Å². The van der Waals surface area contributed by atoms with Crippen molar-refractivity contribution >= 4 is 5.91 Å². The number of aryl methyl sites for hydroxylation is 1. The molecule has 0 N–H and O–H groups in total. The molecule has 2 rings (SSSR count). The molecule has 1 aromatic heterocycles. The minimum absolute atomic E-state index is 0.0720. The second-order valence-corrected chi connectivity index (χ2v) is 5.46. The predicted molar refractivity (Wildman–Crippen MR) is 84.0 cm³/mol. The molecule has 0 fully saturated rings. The maximum absolute atomic E-state index is 12.7. The lowest BCUT2D eigenvalue weighted by molar-refractivity contribution is -0.132. The summed E-state index contributed by atoms with van der Waals surface area (Å²) in [6, 6.07) is 13.9. The summed E-state index contributed by atoms with van der Waals surface area (Å²) in [4.78, 5) is 14.5. The van der Waals surface area contributed by atoms with Crippen LogP contribution in [0.1, 0.15) is 42.8 Å². The Morgan fingerprint density at radius 3 is 2.48 bits per heavy atom. The van der Waals surface area contributed by atoms with E-state index in [4.69, 9.17) is 4.42 Å². The van der Waals surface area contributed by atoms with Crippen molar-refractivity contribution in [1.82, 2.24) is 4.90 Å². The minimum atomic E-state index is -0.0720. The van der Waals surface area contributed by atoms with Gasteiger partial charge in [0.2, 0.25) is 5.91 Å². The van der Waals surface area contributed by atoms with Crippen LogP contribution < -0.4 is 0 Å². The summed E-state index contributed by atoms with van der Waals surface area (Å²) >= 11 is 0. The third kappa shape index (κ3) is 3.97. The Bertz CT molecular complexity index is 574. The quantitative estimate of drug-likeness (QED) is 0.799. The molecule has 1 unspecified atom stereocenters. The number of carbonyl (C=O) groups excluding carboxylic acids is 1. The molecule has 1 atom stereocenters. The Morgan fingerprint density at radius 2 is 1.90 bits per heavy atom. The first-order valence-corrected chi connectivity index (χ1v) is 7.47. The van der Waals surface area contributed by atoms with Gasteiger partial charge in [-0.2, -0.15) is 0 Å². The molecule has 0 spiro atoms. The van der Waals surface area contributed by atoms with Gasteiger partial charge in [0, 0.05) is 7.05 Å². The topological polar surface area (TPSA) is 33.5 Å². The van der Waals surface area contributed by atoms with Crippen molar-refractivity contribution in [1.29, 1.82) is 0 Å². The van der Waals surface area contributed by atoms with Gasteiger partial charge in [-0.3, -0.25) is 4.79 Å². The van der Waals surface area contributed by atoms with E-state index in [-0.39, 0.29) is 11.8 Å². The molecule has 3 nitrogen and oxygen atoms in total. The molecule has 1 heterocycles. The van der Waals surface area contributed by atoms with E-state index >= 15 is 0 Å². The van der Waals surface area contributed by atoms with E-state index in [1.54, 1.807) is 4.90 Å². The zero-order chi connectivity index (χ0) is 15.2. The van der Waals surface area contributed by atoms with Crippen molar-refractivity contribution in [3.63, 3.8) is 0 Å². The first-order chi connectivity index (χ1) is 10.1. The minimum Gasteiger partial charge on any atom is -0.464 e. The van der Waals surface area contributed by atoms with Crippen LogP contribution in [0.15, 0.2) is 46.9 Å². The summed E-state index contributed by atoms with van der Waals surface area (Å²) in [7, 11) is 1.84. The largest absolute Gasteiger partial charge is 0.464 e. The van der Waals surface area contributed by atoms with Gasteiger partial charge < -0.3 is 9.32 Å². The van der Waals surface area contributed by atoms with Gasteiger partial charge in [-0.25, -0.2) is 0 Å². The van der Waals surface area contributed by atoms with Gasteiger partial charge in [0.25, 0.3) is 0 Å². The van der Waals surface area contributed by atoms with Crippen molar-refractivity contribution in [2.45, 2.75) is 39.2 Å². The SMILES string of the molecule is CCCC(C(=O)N(C)Cc1ccc(C)o1)c1ccccc1. The molecule has 21 heavy (non-hydrogen) atoms. The van der Waals surface area contributed by atoms with Crippen LogP contribution in [-0.2, 0) is 11.3 Å². The van der Waals surface area contributed by atoms with Gasteiger partial charge in [0.1, 0.15) is 11.5 Å². The van der Waals surface area contributed by atoms with Gasteiger partial charge in [-0.1, -0.05) is 43.7 Å². The molecule has 0 aliphatic carbocycles. The standard InChI is InChI=1S/C18H23NO2/c1-4-8-17(15-9-6-5-7-10-15)18(20)19(3)13-16-12-11-14(2)21-16/h5-7,9-12,17H,4,8,13H2,1-3H3. The Kier molecular flexibility index (Phi) is 5.20. The monoisotopic (exact) mass is 285 g/mol. The van der Waals surface area contributed by atoms with E-state index in [1.165, 1.54) is 0 Å². The van der Waals surface area contributed by atoms with Crippen LogP contribution in [0.3, 0.4) is 0 Å². The molecular formula is C18H23NO2. The highest BCUT2D eigenvalue weighted by atomic mass is 16.3. The van der Waals surface area contributed by atoms with E-state index in [0.717, 1.165) is 29.9 Å². The lowest BCUT2D eigenvalue weighted by Crippen LogP contribution is -2.31. The highest BCUT2D eigenvalue weighted by molar-refractivity contribution is 5.83. The molecular weight excluding hydrogens is 262 g/mol. The molecule has 0 aliphatic rings. The van der Waals surface area contributed by atoms with Crippen LogP contribution >= 0.6 is 0 Å². The van der Waals surface area contributed by atoms with Gasteiger partial charge >= 0.3 is 0 Å². The maximum atomic E-state index is 12.7. The van der Waals surface area contributed by atoms with Gasteiger partial charge in [0.05, 0.1) is 12.5 Å². The number of furan rings is 1.